The number of halogens is 1. The molecule has 0 amide bonds. The molecule has 2 aromatic carbocycles. The minimum absolute atomic E-state index is 0.109. The summed E-state index contributed by atoms with van der Waals surface area (Å²) in [7, 11) is -3.45. The molecular weight excluding hydrogens is 374 g/mol. The predicted molar refractivity (Wildman–Crippen MR) is 100 cm³/mol. The second-order valence-corrected chi connectivity index (χ2v) is 8.15. The molecule has 8 heteroatoms. The molecule has 0 saturated heterocycles. The number of aromatic nitrogens is 2. The third-order valence-electron chi connectivity index (χ3n) is 3.71. The molecule has 0 aliphatic rings. The van der Waals surface area contributed by atoms with Gasteiger partial charge < -0.3 is 4.52 Å². The third-order valence-corrected chi connectivity index (χ3v) is 5.32. The molecule has 0 unspecified atom stereocenters. The highest BCUT2D eigenvalue weighted by molar-refractivity contribution is 7.88. The molecule has 136 valence electrons. The largest absolute Gasteiger partial charge is 0.339 e. The lowest BCUT2D eigenvalue weighted by molar-refractivity contribution is 0.379. The number of sulfonamides is 1. The van der Waals surface area contributed by atoms with E-state index in [9.17, 15) is 8.42 Å². The van der Waals surface area contributed by atoms with E-state index >= 15 is 0 Å². The first kappa shape index (κ1) is 18.6. The molecule has 0 saturated carbocycles. The van der Waals surface area contributed by atoms with E-state index in [1.54, 1.807) is 24.3 Å². The normalized spacial score (nSPS) is 11.6. The van der Waals surface area contributed by atoms with Crippen LogP contribution in [0.4, 0.5) is 0 Å². The van der Waals surface area contributed by atoms with Crippen LogP contribution in [0.15, 0.2) is 53.1 Å². The first-order chi connectivity index (χ1) is 12.4. The van der Waals surface area contributed by atoms with Crippen molar-refractivity contribution in [3.63, 3.8) is 0 Å². The zero-order valence-electron chi connectivity index (χ0n) is 14.1. The monoisotopic (exact) mass is 391 g/mol. The van der Waals surface area contributed by atoms with E-state index in [0.717, 1.165) is 11.1 Å². The average Bonchev–Trinajstić information content (AvgIpc) is 3.06. The maximum atomic E-state index is 12.1. The Hall–Kier alpha value is -2.22. The molecule has 0 fully saturated rings. The van der Waals surface area contributed by atoms with Gasteiger partial charge in [-0.3, -0.25) is 0 Å². The van der Waals surface area contributed by atoms with E-state index in [0.29, 0.717) is 28.7 Å². The Labute approximate surface area is 157 Å². The molecule has 1 aromatic heterocycles. The van der Waals surface area contributed by atoms with Crippen molar-refractivity contribution in [3.8, 4) is 11.4 Å². The van der Waals surface area contributed by atoms with Gasteiger partial charge in [0.05, 0.1) is 5.75 Å². The van der Waals surface area contributed by atoms with Crippen LogP contribution in [0.5, 0.6) is 0 Å². The smallest absolute Gasteiger partial charge is 0.228 e. The van der Waals surface area contributed by atoms with Crippen LogP contribution in [0.1, 0.15) is 17.0 Å². The number of benzene rings is 2. The van der Waals surface area contributed by atoms with E-state index in [2.05, 4.69) is 14.9 Å². The van der Waals surface area contributed by atoms with Crippen LogP contribution in [-0.4, -0.2) is 25.1 Å². The maximum Gasteiger partial charge on any atom is 0.228 e. The average molecular weight is 392 g/mol. The molecule has 0 spiro atoms. The van der Waals surface area contributed by atoms with Gasteiger partial charge in [0, 0.05) is 23.6 Å². The summed E-state index contributed by atoms with van der Waals surface area (Å²) in [4.78, 5) is 4.30. The molecule has 1 N–H and O–H groups in total. The van der Waals surface area contributed by atoms with Gasteiger partial charge in [-0.2, -0.15) is 4.98 Å². The van der Waals surface area contributed by atoms with E-state index in [1.807, 2.05) is 31.2 Å². The molecule has 0 aliphatic carbocycles. The Morgan fingerprint density at radius 2 is 1.77 bits per heavy atom. The van der Waals surface area contributed by atoms with Gasteiger partial charge >= 0.3 is 0 Å². The summed E-state index contributed by atoms with van der Waals surface area (Å²) in [5.74, 6) is 0.765. The first-order valence-corrected chi connectivity index (χ1v) is 10.1. The van der Waals surface area contributed by atoms with Crippen LogP contribution in [0.2, 0.25) is 5.02 Å². The third kappa shape index (κ3) is 5.14. The van der Waals surface area contributed by atoms with Gasteiger partial charge in [-0.1, -0.05) is 58.7 Å². The molecule has 3 rings (SSSR count). The highest BCUT2D eigenvalue weighted by Crippen LogP contribution is 2.16. The second-order valence-electron chi connectivity index (χ2n) is 5.91. The number of rotatable bonds is 7. The molecule has 3 aromatic rings. The van der Waals surface area contributed by atoms with Crippen molar-refractivity contribution in [2.45, 2.75) is 19.1 Å². The standard InChI is InChI=1S/C18H18ClN3O3S/c1-13-2-6-15(7-3-13)18-21-17(25-22-18)10-11-20-26(23,24)12-14-4-8-16(19)9-5-14/h2-9,20H,10-12H2,1H3. The topological polar surface area (TPSA) is 85.1 Å². The number of aryl methyl sites for hydroxylation is 1. The first-order valence-electron chi connectivity index (χ1n) is 8.03. The number of hydrogen-bond acceptors (Lipinski definition) is 5. The highest BCUT2D eigenvalue weighted by Gasteiger charge is 2.13. The highest BCUT2D eigenvalue weighted by atomic mass is 35.5. The summed E-state index contributed by atoms with van der Waals surface area (Å²) in [5.41, 5.74) is 2.67. The van der Waals surface area contributed by atoms with Crippen molar-refractivity contribution in [2.75, 3.05) is 6.54 Å². The lowest BCUT2D eigenvalue weighted by atomic mass is 10.1. The zero-order valence-corrected chi connectivity index (χ0v) is 15.7. The predicted octanol–water partition coefficient (Wildman–Crippen LogP) is 3.36. The van der Waals surface area contributed by atoms with Gasteiger partial charge in [0.15, 0.2) is 0 Å². The van der Waals surface area contributed by atoms with Crippen molar-refractivity contribution in [3.05, 3.63) is 70.6 Å². The van der Waals surface area contributed by atoms with Gasteiger partial charge in [0.25, 0.3) is 0 Å². The Kier molecular flexibility index (Phi) is 5.70. The molecule has 6 nitrogen and oxygen atoms in total. The second kappa shape index (κ2) is 7.99. The van der Waals surface area contributed by atoms with Crippen LogP contribution in [0.25, 0.3) is 11.4 Å². The van der Waals surface area contributed by atoms with Crippen molar-refractivity contribution in [1.29, 1.82) is 0 Å². The summed E-state index contributed by atoms with van der Waals surface area (Å²) in [6, 6.07) is 14.5. The van der Waals surface area contributed by atoms with Crippen LogP contribution < -0.4 is 4.72 Å². The molecule has 26 heavy (non-hydrogen) atoms. The van der Waals surface area contributed by atoms with E-state index in [-0.39, 0.29) is 12.3 Å². The van der Waals surface area contributed by atoms with Crippen LogP contribution in [0, 0.1) is 6.92 Å². The van der Waals surface area contributed by atoms with Gasteiger partial charge in [-0.05, 0) is 24.6 Å². The Morgan fingerprint density at radius 1 is 1.08 bits per heavy atom. The van der Waals surface area contributed by atoms with Crippen LogP contribution in [0.3, 0.4) is 0 Å². The summed E-state index contributed by atoms with van der Waals surface area (Å²) >= 11 is 5.80. The van der Waals surface area contributed by atoms with Gasteiger partial charge in [-0.25, -0.2) is 13.1 Å². The summed E-state index contributed by atoms with van der Waals surface area (Å²) < 4.78 is 32.0. The number of hydrogen-bond donors (Lipinski definition) is 1. The minimum Gasteiger partial charge on any atom is -0.339 e. The summed E-state index contributed by atoms with van der Waals surface area (Å²) in [5, 5.41) is 4.50. The lowest BCUT2D eigenvalue weighted by Gasteiger charge is -2.05. The molecule has 0 radical (unpaired) electrons. The minimum atomic E-state index is -3.45. The van der Waals surface area contributed by atoms with Crippen molar-refractivity contribution >= 4 is 21.6 Å². The van der Waals surface area contributed by atoms with Gasteiger partial charge in [0.1, 0.15) is 0 Å². The Morgan fingerprint density at radius 3 is 2.46 bits per heavy atom. The van der Waals surface area contributed by atoms with E-state index in [1.165, 1.54) is 0 Å². The van der Waals surface area contributed by atoms with Crippen molar-refractivity contribution in [2.24, 2.45) is 0 Å². The van der Waals surface area contributed by atoms with E-state index in [4.69, 9.17) is 16.1 Å². The quantitative estimate of drug-likeness (QED) is 0.667. The molecule has 0 aliphatic heterocycles. The van der Waals surface area contributed by atoms with E-state index < -0.39 is 10.0 Å². The Balaban J connectivity index is 1.54. The van der Waals surface area contributed by atoms with Crippen molar-refractivity contribution in [1.82, 2.24) is 14.9 Å². The maximum absolute atomic E-state index is 12.1. The molecule has 1 heterocycles. The lowest BCUT2D eigenvalue weighted by Crippen LogP contribution is -2.27. The fourth-order valence-electron chi connectivity index (χ4n) is 2.34. The van der Waals surface area contributed by atoms with Gasteiger partial charge in [0.2, 0.25) is 21.7 Å². The molecule has 0 atom stereocenters. The molecule has 0 bridgehead atoms. The summed E-state index contributed by atoms with van der Waals surface area (Å²) in [6.07, 6.45) is 0.318. The summed E-state index contributed by atoms with van der Waals surface area (Å²) in [6.45, 7) is 2.19. The Bertz CT molecular complexity index is 968. The fourth-order valence-corrected chi connectivity index (χ4v) is 3.61. The van der Waals surface area contributed by atoms with Crippen molar-refractivity contribution < 1.29 is 12.9 Å². The van der Waals surface area contributed by atoms with Gasteiger partial charge in [-0.15, -0.1) is 0 Å². The number of nitrogens with zero attached hydrogens (tertiary/aromatic N) is 2. The SMILES string of the molecule is Cc1ccc(-c2noc(CCNS(=O)(=O)Cc3ccc(Cl)cc3)n2)cc1. The molecular formula is C18H18ClN3O3S. The van der Waals surface area contributed by atoms with Crippen LogP contribution in [-0.2, 0) is 22.2 Å². The fraction of sp³-hybridized carbons (Fsp3) is 0.222. The zero-order chi connectivity index (χ0) is 18.6. The van der Waals surface area contributed by atoms with Crippen LogP contribution >= 0.6 is 11.6 Å². The number of nitrogens with one attached hydrogen (secondary N) is 1.